The van der Waals surface area contributed by atoms with E-state index in [0.717, 1.165) is 38.0 Å². The van der Waals surface area contributed by atoms with Gasteiger partial charge in [0.15, 0.2) is 0 Å². The Morgan fingerprint density at radius 3 is 2.74 bits per heavy atom. The van der Waals surface area contributed by atoms with Gasteiger partial charge in [-0.05, 0) is 43.4 Å². The van der Waals surface area contributed by atoms with Crippen molar-refractivity contribution in [2.45, 2.75) is 38.3 Å². The predicted octanol–water partition coefficient (Wildman–Crippen LogP) is 2.43. The number of aliphatic carboxylic acids is 1. The monoisotopic (exact) mass is 263 g/mol. The first-order chi connectivity index (χ1) is 9.19. The number of benzene rings is 1. The summed E-state index contributed by atoms with van der Waals surface area (Å²) in [6, 6.07) is 8.44. The molecule has 0 amide bonds. The van der Waals surface area contributed by atoms with Crippen LogP contribution in [0.2, 0.25) is 0 Å². The number of carboxylic acid groups (broad SMARTS) is 1. The van der Waals surface area contributed by atoms with Crippen LogP contribution in [0.3, 0.4) is 0 Å². The molecule has 4 heteroatoms. The van der Waals surface area contributed by atoms with E-state index in [1.807, 2.05) is 18.2 Å². The summed E-state index contributed by atoms with van der Waals surface area (Å²) in [5.74, 6) is 0.0787. The van der Waals surface area contributed by atoms with Gasteiger partial charge in [0.1, 0.15) is 5.75 Å². The van der Waals surface area contributed by atoms with E-state index in [2.05, 4.69) is 11.4 Å². The molecule has 0 bridgehead atoms. The molecule has 104 valence electrons. The maximum Gasteiger partial charge on any atom is 0.306 e. The smallest absolute Gasteiger partial charge is 0.306 e. The van der Waals surface area contributed by atoms with E-state index in [1.165, 1.54) is 5.56 Å². The van der Waals surface area contributed by atoms with Gasteiger partial charge < -0.3 is 15.2 Å². The Balaban J connectivity index is 1.78. The highest BCUT2D eigenvalue weighted by atomic mass is 16.5. The second kappa shape index (κ2) is 6.57. The second-order valence-electron chi connectivity index (χ2n) is 5.12. The summed E-state index contributed by atoms with van der Waals surface area (Å²) >= 11 is 0. The second-order valence-corrected chi connectivity index (χ2v) is 5.12. The molecular weight excluding hydrogens is 242 g/mol. The highest BCUT2D eigenvalue weighted by Gasteiger charge is 2.25. The average Bonchev–Trinajstić information content (AvgIpc) is 2.46. The summed E-state index contributed by atoms with van der Waals surface area (Å²) in [6.45, 7) is 0.805. The van der Waals surface area contributed by atoms with Gasteiger partial charge in [0, 0.05) is 12.6 Å². The van der Waals surface area contributed by atoms with Gasteiger partial charge in [-0.15, -0.1) is 0 Å². The quantitative estimate of drug-likeness (QED) is 0.856. The van der Waals surface area contributed by atoms with Crippen LogP contribution in [0.25, 0.3) is 0 Å². The standard InChI is InChI=1S/C15H21NO3/c1-19-14-4-2-3-11(9-14)10-16-13-7-5-12(6-8-13)15(17)18/h2-4,9,12-13,16H,5-8,10H2,1H3,(H,17,18). The van der Waals surface area contributed by atoms with Crippen molar-refractivity contribution in [3.63, 3.8) is 0 Å². The topological polar surface area (TPSA) is 58.6 Å². The van der Waals surface area contributed by atoms with Gasteiger partial charge in [-0.1, -0.05) is 12.1 Å². The molecule has 1 fully saturated rings. The van der Waals surface area contributed by atoms with Gasteiger partial charge in [0.2, 0.25) is 0 Å². The Labute approximate surface area is 113 Å². The minimum absolute atomic E-state index is 0.144. The third kappa shape index (κ3) is 3.96. The third-order valence-corrected chi connectivity index (χ3v) is 3.81. The summed E-state index contributed by atoms with van der Waals surface area (Å²) in [7, 11) is 1.67. The Morgan fingerprint density at radius 1 is 1.37 bits per heavy atom. The van der Waals surface area contributed by atoms with Gasteiger partial charge in [0.25, 0.3) is 0 Å². The van der Waals surface area contributed by atoms with Crippen molar-refractivity contribution in [1.29, 1.82) is 0 Å². The zero-order chi connectivity index (χ0) is 13.7. The van der Waals surface area contributed by atoms with E-state index in [-0.39, 0.29) is 5.92 Å². The lowest BCUT2D eigenvalue weighted by Gasteiger charge is -2.27. The Hall–Kier alpha value is -1.55. The van der Waals surface area contributed by atoms with Crippen molar-refractivity contribution in [2.75, 3.05) is 7.11 Å². The minimum atomic E-state index is -0.647. The van der Waals surface area contributed by atoms with Gasteiger partial charge >= 0.3 is 5.97 Å². The molecule has 0 aromatic heterocycles. The lowest BCUT2D eigenvalue weighted by molar-refractivity contribution is -0.142. The van der Waals surface area contributed by atoms with Crippen molar-refractivity contribution in [3.8, 4) is 5.75 Å². The van der Waals surface area contributed by atoms with Crippen LogP contribution in [-0.2, 0) is 11.3 Å². The molecule has 1 aliphatic carbocycles. The Bertz CT molecular complexity index is 425. The number of hydrogen-bond donors (Lipinski definition) is 2. The fourth-order valence-electron chi connectivity index (χ4n) is 2.59. The van der Waals surface area contributed by atoms with Gasteiger partial charge in [-0.2, -0.15) is 0 Å². The van der Waals surface area contributed by atoms with Crippen LogP contribution in [0, 0.1) is 5.92 Å². The molecule has 4 nitrogen and oxygen atoms in total. The fraction of sp³-hybridized carbons (Fsp3) is 0.533. The van der Waals surface area contributed by atoms with E-state index < -0.39 is 5.97 Å². The van der Waals surface area contributed by atoms with Crippen molar-refractivity contribution in [3.05, 3.63) is 29.8 Å². The molecule has 0 saturated heterocycles. The number of methoxy groups -OCH3 is 1. The van der Waals surface area contributed by atoms with E-state index in [1.54, 1.807) is 7.11 Å². The highest BCUT2D eigenvalue weighted by molar-refractivity contribution is 5.70. The molecule has 0 radical (unpaired) electrons. The molecule has 0 aliphatic heterocycles. The van der Waals surface area contributed by atoms with Crippen LogP contribution >= 0.6 is 0 Å². The number of rotatable bonds is 5. The highest BCUT2D eigenvalue weighted by Crippen LogP contribution is 2.24. The van der Waals surface area contributed by atoms with Gasteiger partial charge in [-0.3, -0.25) is 4.79 Å². The predicted molar refractivity (Wildman–Crippen MR) is 73.2 cm³/mol. The summed E-state index contributed by atoms with van der Waals surface area (Å²) in [5, 5.41) is 12.5. The summed E-state index contributed by atoms with van der Waals surface area (Å²) in [5.41, 5.74) is 1.19. The molecule has 1 aromatic rings. The molecule has 1 aromatic carbocycles. The number of carbonyl (C=O) groups is 1. The van der Waals surface area contributed by atoms with Crippen LogP contribution in [-0.4, -0.2) is 24.2 Å². The summed E-state index contributed by atoms with van der Waals surface area (Å²) in [6.07, 6.45) is 3.46. The first kappa shape index (κ1) is 13.9. The first-order valence-electron chi connectivity index (χ1n) is 6.78. The Morgan fingerprint density at radius 2 is 2.11 bits per heavy atom. The average molecular weight is 263 g/mol. The lowest BCUT2D eigenvalue weighted by atomic mass is 9.86. The van der Waals surface area contributed by atoms with Crippen LogP contribution in [0.1, 0.15) is 31.2 Å². The fourth-order valence-corrected chi connectivity index (χ4v) is 2.59. The minimum Gasteiger partial charge on any atom is -0.497 e. The van der Waals surface area contributed by atoms with Crippen LogP contribution < -0.4 is 10.1 Å². The SMILES string of the molecule is COc1cccc(CNC2CCC(C(=O)O)CC2)c1. The maximum absolute atomic E-state index is 10.9. The number of hydrogen-bond acceptors (Lipinski definition) is 3. The molecule has 0 spiro atoms. The van der Waals surface area contributed by atoms with Crippen LogP contribution in [0.4, 0.5) is 0 Å². The molecule has 2 rings (SSSR count). The third-order valence-electron chi connectivity index (χ3n) is 3.81. The summed E-state index contributed by atoms with van der Waals surface area (Å²) < 4.78 is 5.19. The van der Waals surface area contributed by atoms with Crippen molar-refractivity contribution in [2.24, 2.45) is 5.92 Å². The normalized spacial score (nSPS) is 23.0. The zero-order valence-electron chi connectivity index (χ0n) is 11.3. The van der Waals surface area contributed by atoms with Crippen molar-refractivity contribution in [1.82, 2.24) is 5.32 Å². The molecule has 0 unspecified atom stereocenters. The lowest BCUT2D eigenvalue weighted by Crippen LogP contribution is -2.34. The Kier molecular flexibility index (Phi) is 4.80. The van der Waals surface area contributed by atoms with E-state index in [4.69, 9.17) is 9.84 Å². The van der Waals surface area contributed by atoms with Gasteiger partial charge in [0.05, 0.1) is 13.0 Å². The van der Waals surface area contributed by atoms with Crippen molar-refractivity contribution >= 4 is 5.97 Å². The van der Waals surface area contributed by atoms with Crippen LogP contribution in [0.5, 0.6) is 5.75 Å². The van der Waals surface area contributed by atoms with Crippen molar-refractivity contribution < 1.29 is 14.6 Å². The molecule has 1 saturated carbocycles. The molecule has 0 heterocycles. The molecular formula is C15H21NO3. The van der Waals surface area contributed by atoms with E-state index >= 15 is 0 Å². The number of ether oxygens (including phenoxy) is 1. The van der Waals surface area contributed by atoms with Gasteiger partial charge in [-0.25, -0.2) is 0 Å². The largest absolute Gasteiger partial charge is 0.497 e. The number of nitrogens with one attached hydrogen (secondary N) is 1. The number of carboxylic acids is 1. The molecule has 19 heavy (non-hydrogen) atoms. The molecule has 1 aliphatic rings. The first-order valence-corrected chi connectivity index (χ1v) is 6.78. The van der Waals surface area contributed by atoms with Crippen LogP contribution in [0.15, 0.2) is 24.3 Å². The van der Waals surface area contributed by atoms with E-state index in [0.29, 0.717) is 6.04 Å². The maximum atomic E-state index is 10.9. The summed E-state index contributed by atoms with van der Waals surface area (Å²) in [4.78, 5) is 10.9. The van der Waals surface area contributed by atoms with E-state index in [9.17, 15) is 4.79 Å². The zero-order valence-corrected chi connectivity index (χ0v) is 11.3. The molecule has 2 N–H and O–H groups in total. The molecule has 0 atom stereocenters.